The van der Waals surface area contributed by atoms with Crippen LogP contribution < -0.4 is 5.32 Å². The normalized spacial score (nSPS) is 9.95. The number of hydrogen-bond acceptors (Lipinski definition) is 3. The third kappa shape index (κ3) is 3.21. The second kappa shape index (κ2) is 5.68. The van der Waals surface area contributed by atoms with Crippen LogP contribution >= 0.6 is 11.3 Å². The molecule has 0 aliphatic carbocycles. The summed E-state index contributed by atoms with van der Waals surface area (Å²) in [5, 5.41) is 14.1. The van der Waals surface area contributed by atoms with Gasteiger partial charge in [-0.15, -0.1) is 11.3 Å². The lowest BCUT2D eigenvalue weighted by Crippen LogP contribution is -2.14. The Labute approximate surface area is 116 Å². The SMILES string of the molecule is Cc1ccc(CC(=O)Nc2sccc2C#N)cc1C. The third-order valence-corrected chi connectivity index (χ3v) is 3.80. The summed E-state index contributed by atoms with van der Waals surface area (Å²) in [6, 6.07) is 9.76. The number of aryl methyl sites for hydroxylation is 2. The lowest BCUT2D eigenvalue weighted by molar-refractivity contribution is -0.115. The fraction of sp³-hybridized carbons (Fsp3) is 0.200. The molecule has 2 rings (SSSR count). The molecule has 19 heavy (non-hydrogen) atoms. The molecule has 0 saturated carbocycles. The van der Waals surface area contributed by atoms with E-state index in [1.165, 1.54) is 22.5 Å². The molecule has 1 aromatic carbocycles. The molecule has 3 nitrogen and oxygen atoms in total. The van der Waals surface area contributed by atoms with Crippen molar-refractivity contribution in [2.75, 3.05) is 5.32 Å². The zero-order valence-electron chi connectivity index (χ0n) is 10.9. The molecule has 0 atom stereocenters. The lowest BCUT2D eigenvalue weighted by atomic mass is 10.0. The van der Waals surface area contributed by atoms with Crippen molar-refractivity contribution in [3.63, 3.8) is 0 Å². The predicted octanol–water partition coefficient (Wildman–Crippen LogP) is 3.42. The summed E-state index contributed by atoms with van der Waals surface area (Å²) >= 11 is 1.36. The Morgan fingerprint density at radius 3 is 2.79 bits per heavy atom. The van der Waals surface area contributed by atoms with E-state index < -0.39 is 0 Å². The molecule has 0 radical (unpaired) electrons. The van der Waals surface area contributed by atoms with Crippen LogP contribution in [-0.4, -0.2) is 5.91 Å². The smallest absolute Gasteiger partial charge is 0.229 e. The maximum atomic E-state index is 11.9. The van der Waals surface area contributed by atoms with E-state index in [1.807, 2.05) is 32.0 Å². The average molecular weight is 270 g/mol. The van der Waals surface area contributed by atoms with Crippen molar-refractivity contribution in [1.29, 1.82) is 5.26 Å². The highest BCUT2D eigenvalue weighted by atomic mass is 32.1. The fourth-order valence-corrected chi connectivity index (χ4v) is 2.52. The first-order valence-electron chi connectivity index (χ1n) is 5.93. The van der Waals surface area contributed by atoms with Gasteiger partial charge in [0.1, 0.15) is 11.1 Å². The Morgan fingerprint density at radius 2 is 2.11 bits per heavy atom. The van der Waals surface area contributed by atoms with Crippen molar-refractivity contribution in [3.05, 3.63) is 51.9 Å². The van der Waals surface area contributed by atoms with Crippen LogP contribution in [0.15, 0.2) is 29.6 Å². The summed E-state index contributed by atoms with van der Waals surface area (Å²) < 4.78 is 0. The first kappa shape index (κ1) is 13.3. The monoisotopic (exact) mass is 270 g/mol. The molecule has 0 saturated heterocycles. The van der Waals surface area contributed by atoms with Crippen LogP contribution in [0.25, 0.3) is 0 Å². The van der Waals surface area contributed by atoms with Crippen LogP contribution in [0, 0.1) is 25.2 Å². The van der Waals surface area contributed by atoms with Crippen molar-refractivity contribution < 1.29 is 4.79 Å². The Hall–Kier alpha value is -2.12. The molecular weight excluding hydrogens is 256 g/mol. The van der Waals surface area contributed by atoms with Crippen molar-refractivity contribution in [1.82, 2.24) is 0 Å². The Bertz CT molecular complexity index is 652. The molecular formula is C15H14N2OS. The zero-order valence-corrected chi connectivity index (χ0v) is 11.7. The summed E-state index contributed by atoms with van der Waals surface area (Å²) in [5.41, 5.74) is 3.89. The number of nitrogens with one attached hydrogen (secondary N) is 1. The van der Waals surface area contributed by atoms with Gasteiger partial charge in [0.05, 0.1) is 12.0 Å². The van der Waals surface area contributed by atoms with Crippen molar-refractivity contribution in [3.8, 4) is 6.07 Å². The van der Waals surface area contributed by atoms with Gasteiger partial charge in [0, 0.05) is 0 Å². The maximum absolute atomic E-state index is 11.9. The number of carbonyl (C=O) groups excluding carboxylic acids is 1. The largest absolute Gasteiger partial charge is 0.316 e. The highest BCUT2D eigenvalue weighted by Crippen LogP contribution is 2.22. The van der Waals surface area contributed by atoms with E-state index in [1.54, 1.807) is 11.4 Å². The first-order valence-corrected chi connectivity index (χ1v) is 6.81. The number of carbonyl (C=O) groups is 1. The second-order valence-corrected chi connectivity index (χ2v) is 5.33. The molecule has 1 N–H and O–H groups in total. The van der Waals surface area contributed by atoms with Gasteiger partial charge in [-0.1, -0.05) is 18.2 Å². The second-order valence-electron chi connectivity index (χ2n) is 4.42. The number of anilines is 1. The molecule has 0 unspecified atom stereocenters. The molecule has 0 bridgehead atoms. The average Bonchev–Trinajstić information content (AvgIpc) is 2.81. The molecule has 0 aliphatic heterocycles. The van der Waals surface area contributed by atoms with E-state index >= 15 is 0 Å². The summed E-state index contributed by atoms with van der Waals surface area (Å²) in [5.74, 6) is -0.0952. The summed E-state index contributed by atoms with van der Waals surface area (Å²) in [4.78, 5) is 11.9. The van der Waals surface area contributed by atoms with E-state index in [0.29, 0.717) is 17.0 Å². The van der Waals surface area contributed by atoms with Crippen LogP contribution in [-0.2, 0) is 11.2 Å². The van der Waals surface area contributed by atoms with Gasteiger partial charge in [0.15, 0.2) is 0 Å². The number of nitrogens with zero attached hydrogens (tertiary/aromatic N) is 1. The molecule has 4 heteroatoms. The first-order chi connectivity index (χ1) is 9.10. The van der Waals surface area contributed by atoms with E-state index in [0.717, 1.165) is 5.56 Å². The van der Waals surface area contributed by atoms with Crippen LogP contribution in [0.5, 0.6) is 0 Å². The Balaban J connectivity index is 2.06. The molecule has 0 aliphatic rings. The number of hydrogen-bond donors (Lipinski definition) is 1. The predicted molar refractivity (Wildman–Crippen MR) is 77.3 cm³/mol. The minimum absolute atomic E-state index is 0.0952. The van der Waals surface area contributed by atoms with Gasteiger partial charge in [-0.25, -0.2) is 0 Å². The van der Waals surface area contributed by atoms with Gasteiger partial charge in [-0.3, -0.25) is 4.79 Å². The van der Waals surface area contributed by atoms with E-state index in [2.05, 4.69) is 11.4 Å². The van der Waals surface area contributed by atoms with Gasteiger partial charge in [-0.05, 0) is 42.0 Å². The molecule has 0 fully saturated rings. The third-order valence-electron chi connectivity index (χ3n) is 2.97. The van der Waals surface area contributed by atoms with Crippen LogP contribution in [0.2, 0.25) is 0 Å². The lowest BCUT2D eigenvalue weighted by Gasteiger charge is -2.06. The topological polar surface area (TPSA) is 52.9 Å². The quantitative estimate of drug-likeness (QED) is 0.929. The summed E-state index contributed by atoms with van der Waals surface area (Å²) in [6.45, 7) is 4.08. The molecule has 0 spiro atoms. The Kier molecular flexibility index (Phi) is 3.98. The maximum Gasteiger partial charge on any atom is 0.229 e. The van der Waals surface area contributed by atoms with E-state index in [-0.39, 0.29) is 5.91 Å². The summed E-state index contributed by atoms with van der Waals surface area (Å²) in [7, 11) is 0. The standard InChI is InChI=1S/C15H14N2OS/c1-10-3-4-12(7-11(10)2)8-14(18)17-15-13(9-16)5-6-19-15/h3-7H,8H2,1-2H3,(H,17,18). The molecule has 2 aromatic rings. The number of rotatable bonds is 3. The molecule has 1 aromatic heterocycles. The van der Waals surface area contributed by atoms with Crippen LogP contribution in [0.1, 0.15) is 22.3 Å². The number of benzene rings is 1. The van der Waals surface area contributed by atoms with Crippen LogP contribution in [0.3, 0.4) is 0 Å². The highest BCUT2D eigenvalue weighted by Gasteiger charge is 2.09. The highest BCUT2D eigenvalue weighted by molar-refractivity contribution is 7.14. The summed E-state index contributed by atoms with van der Waals surface area (Å²) in [6.07, 6.45) is 0.323. The zero-order chi connectivity index (χ0) is 13.8. The number of nitriles is 1. The minimum Gasteiger partial charge on any atom is -0.316 e. The molecule has 96 valence electrons. The van der Waals surface area contributed by atoms with Gasteiger partial charge in [-0.2, -0.15) is 5.26 Å². The number of thiophene rings is 1. The van der Waals surface area contributed by atoms with Gasteiger partial charge >= 0.3 is 0 Å². The van der Waals surface area contributed by atoms with E-state index in [9.17, 15) is 4.79 Å². The Morgan fingerprint density at radius 1 is 1.32 bits per heavy atom. The molecule has 1 amide bonds. The fourth-order valence-electron chi connectivity index (χ4n) is 1.76. The van der Waals surface area contributed by atoms with E-state index in [4.69, 9.17) is 5.26 Å². The van der Waals surface area contributed by atoms with Crippen molar-refractivity contribution in [2.24, 2.45) is 0 Å². The van der Waals surface area contributed by atoms with Gasteiger partial charge in [0.25, 0.3) is 0 Å². The van der Waals surface area contributed by atoms with Gasteiger partial charge < -0.3 is 5.32 Å². The van der Waals surface area contributed by atoms with Gasteiger partial charge in [0.2, 0.25) is 5.91 Å². The van der Waals surface area contributed by atoms with Crippen molar-refractivity contribution >= 4 is 22.2 Å². The number of amides is 1. The van der Waals surface area contributed by atoms with Crippen LogP contribution in [0.4, 0.5) is 5.00 Å². The molecule has 1 heterocycles. The van der Waals surface area contributed by atoms with Crippen molar-refractivity contribution in [2.45, 2.75) is 20.3 Å². The minimum atomic E-state index is -0.0952.